The molecule has 0 aliphatic carbocycles. The van der Waals surface area contributed by atoms with Crippen molar-refractivity contribution < 1.29 is 19.3 Å². The van der Waals surface area contributed by atoms with Gasteiger partial charge in [0.25, 0.3) is 11.8 Å². The number of nitrogens with one attached hydrogen (secondary N) is 1. The smallest absolute Gasteiger partial charge is 0.274 e. The van der Waals surface area contributed by atoms with Crippen molar-refractivity contribution in [2.45, 2.75) is 6.61 Å². The minimum absolute atomic E-state index is 0.309. The Balaban J connectivity index is 1.42. The molecule has 0 unspecified atom stereocenters. The van der Waals surface area contributed by atoms with Gasteiger partial charge in [0.2, 0.25) is 5.82 Å². The van der Waals surface area contributed by atoms with Crippen molar-refractivity contribution in [3.63, 3.8) is 0 Å². The van der Waals surface area contributed by atoms with Crippen molar-refractivity contribution in [3.8, 4) is 28.6 Å². The van der Waals surface area contributed by atoms with Gasteiger partial charge in [-0.2, -0.15) is 4.98 Å². The Hall–Kier alpha value is -3.49. The van der Waals surface area contributed by atoms with E-state index >= 15 is 0 Å². The fraction of sp³-hybridized carbons (Fsp3) is 0.0455. The summed E-state index contributed by atoms with van der Waals surface area (Å²) < 4.78 is 12.1. The molecule has 150 valence electrons. The van der Waals surface area contributed by atoms with Gasteiger partial charge in [0.1, 0.15) is 12.4 Å². The molecule has 7 nitrogen and oxygen atoms in total. The average Bonchev–Trinajstić information content (AvgIpc) is 3.28. The molecule has 0 radical (unpaired) electrons. The molecule has 2 N–H and O–H groups in total. The molecular weight excluding hydrogens is 450 g/mol. The van der Waals surface area contributed by atoms with E-state index in [9.17, 15) is 4.79 Å². The molecule has 0 bridgehead atoms. The van der Waals surface area contributed by atoms with Gasteiger partial charge in [-0.25, -0.2) is 5.48 Å². The largest absolute Gasteiger partial charge is 0.489 e. The van der Waals surface area contributed by atoms with E-state index in [0.717, 1.165) is 21.2 Å². The van der Waals surface area contributed by atoms with E-state index in [1.54, 1.807) is 29.7 Å². The van der Waals surface area contributed by atoms with E-state index in [2.05, 4.69) is 26.1 Å². The maximum absolute atomic E-state index is 11.5. The maximum Gasteiger partial charge on any atom is 0.274 e. The number of ether oxygens (including phenoxy) is 1. The van der Waals surface area contributed by atoms with Crippen LogP contribution in [0.3, 0.4) is 0 Å². The number of hydroxylamine groups is 1. The second kappa shape index (κ2) is 8.89. The fourth-order valence-corrected chi connectivity index (χ4v) is 3.02. The summed E-state index contributed by atoms with van der Waals surface area (Å²) in [6.07, 6.45) is 0. The Morgan fingerprint density at radius 3 is 2.50 bits per heavy atom. The van der Waals surface area contributed by atoms with Gasteiger partial charge in [-0.15, -0.1) is 0 Å². The summed E-state index contributed by atoms with van der Waals surface area (Å²) in [5, 5.41) is 12.8. The lowest BCUT2D eigenvalue weighted by atomic mass is 10.1. The second-order valence-corrected chi connectivity index (χ2v) is 7.30. The van der Waals surface area contributed by atoms with Crippen LogP contribution in [0.2, 0.25) is 0 Å². The lowest BCUT2D eigenvalue weighted by Gasteiger charge is -2.08. The van der Waals surface area contributed by atoms with Crippen molar-refractivity contribution in [2.75, 3.05) is 0 Å². The first-order valence-electron chi connectivity index (χ1n) is 8.98. The third-order valence-corrected chi connectivity index (χ3v) is 4.86. The predicted octanol–water partition coefficient (Wildman–Crippen LogP) is 4.86. The number of halogens is 1. The molecule has 1 heterocycles. The topological polar surface area (TPSA) is 97.5 Å². The van der Waals surface area contributed by atoms with Crippen LogP contribution in [0.4, 0.5) is 0 Å². The number of hydrogen-bond acceptors (Lipinski definition) is 6. The third-order valence-electron chi connectivity index (χ3n) is 4.33. The van der Waals surface area contributed by atoms with Gasteiger partial charge < -0.3 is 9.26 Å². The summed E-state index contributed by atoms with van der Waals surface area (Å²) >= 11 is 3.40. The van der Waals surface area contributed by atoms with Crippen LogP contribution in [-0.4, -0.2) is 21.3 Å². The zero-order valence-electron chi connectivity index (χ0n) is 15.6. The number of carbonyl (C=O) groups excluding carboxylic acids is 1. The van der Waals surface area contributed by atoms with Crippen LogP contribution in [0.15, 0.2) is 81.8 Å². The fourth-order valence-electron chi connectivity index (χ4n) is 2.76. The van der Waals surface area contributed by atoms with Crippen molar-refractivity contribution in [1.29, 1.82) is 0 Å². The van der Waals surface area contributed by atoms with E-state index in [1.165, 1.54) is 0 Å². The molecule has 0 saturated carbocycles. The zero-order chi connectivity index (χ0) is 20.9. The third kappa shape index (κ3) is 4.56. The molecule has 4 rings (SSSR count). The predicted molar refractivity (Wildman–Crippen MR) is 113 cm³/mol. The van der Waals surface area contributed by atoms with Crippen molar-refractivity contribution >= 4 is 21.8 Å². The van der Waals surface area contributed by atoms with Crippen LogP contribution in [0.5, 0.6) is 5.75 Å². The molecule has 4 aromatic rings. The highest BCUT2D eigenvalue weighted by atomic mass is 79.9. The Morgan fingerprint density at radius 1 is 1.03 bits per heavy atom. The number of aromatic nitrogens is 2. The van der Waals surface area contributed by atoms with Crippen LogP contribution < -0.4 is 10.2 Å². The minimum Gasteiger partial charge on any atom is -0.489 e. The lowest BCUT2D eigenvalue weighted by Crippen LogP contribution is -2.18. The molecule has 30 heavy (non-hydrogen) atoms. The first-order chi connectivity index (χ1) is 14.6. The van der Waals surface area contributed by atoms with Gasteiger partial charge in [0.05, 0.1) is 0 Å². The Bertz CT molecular complexity index is 1160. The summed E-state index contributed by atoms with van der Waals surface area (Å²) in [4.78, 5) is 15.9. The van der Waals surface area contributed by atoms with Crippen LogP contribution in [0.25, 0.3) is 22.8 Å². The van der Waals surface area contributed by atoms with Crippen molar-refractivity contribution in [3.05, 3.63) is 88.4 Å². The Morgan fingerprint density at radius 2 is 1.77 bits per heavy atom. The lowest BCUT2D eigenvalue weighted by molar-refractivity contribution is 0.0706. The highest BCUT2D eigenvalue weighted by Gasteiger charge is 2.11. The molecule has 8 heteroatoms. The van der Waals surface area contributed by atoms with E-state index in [-0.39, 0.29) is 0 Å². The van der Waals surface area contributed by atoms with Gasteiger partial charge in [-0.3, -0.25) is 10.0 Å². The zero-order valence-corrected chi connectivity index (χ0v) is 17.2. The van der Waals surface area contributed by atoms with Gasteiger partial charge >= 0.3 is 0 Å². The molecular formula is C22H16BrN3O4. The van der Waals surface area contributed by atoms with Crippen LogP contribution in [0.1, 0.15) is 15.9 Å². The molecule has 0 atom stereocenters. The SMILES string of the molecule is O=C(NO)c1cccc(OCc2ccc(-c3noc(-c4ccc(Br)cc4)n3)cc2)c1. The van der Waals surface area contributed by atoms with E-state index in [1.807, 2.05) is 48.5 Å². The number of carbonyl (C=O) groups is 1. The second-order valence-electron chi connectivity index (χ2n) is 6.38. The molecule has 0 aliphatic heterocycles. The summed E-state index contributed by atoms with van der Waals surface area (Å²) in [6, 6.07) is 21.8. The summed E-state index contributed by atoms with van der Waals surface area (Å²) in [7, 11) is 0. The molecule has 1 amide bonds. The maximum atomic E-state index is 11.5. The number of rotatable bonds is 6. The van der Waals surface area contributed by atoms with E-state index in [0.29, 0.717) is 29.6 Å². The Labute approximate surface area is 180 Å². The van der Waals surface area contributed by atoms with Gasteiger partial charge in [0.15, 0.2) is 0 Å². The van der Waals surface area contributed by atoms with E-state index in [4.69, 9.17) is 14.5 Å². The molecule has 0 spiro atoms. The minimum atomic E-state index is -0.590. The summed E-state index contributed by atoms with van der Waals surface area (Å²) in [6.45, 7) is 0.320. The number of nitrogens with zero attached hydrogens (tertiary/aromatic N) is 2. The molecule has 0 saturated heterocycles. The monoisotopic (exact) mass is 465 g/mol. The highest BCUT2D eigenvalue weighted by molar-refractivity contribution is 9.10. The first-order valence-corrected chi connectivity index (χ1v) is 9.78. The van der Waals surface area contributed by atoms with Crippen LogP contribution >= 0.6 is 15.9 Å². The van der Waals surface area contributed by atoms with Gasteiger partial charge in [-0.05, 0) is 48.0 Å². The van der Waals surface area contributed by atoms with Crippen molar-refractivity contribution in [1.82, 2.24) is 15.6 Å². The van der Waals surface area contributed by atoms with Crippen LogP contribution in [-0.2, 0) is 6.61 Å². The Kier molecular flexibility index (Phi) is 5.87. The van der Waals surface area contributed by atoms with Gasteiger partial charge in [-0.1, -0.05) is 51.4 Å². The summed E-state index contributed by atoms with van der Waals surface area (Å²) in [5.74, 6) is 0.893. The standard InChI is InChI=1S/C22H16BrN3O4/c23-18-10-8-16(9-11-18)22-24-20(26-30-22)15-6-4-14(5-7-15)13-29-19-3-1-2-17(12-19)21(27)25-28/h1-12,28H,13H2,(H,25,27). The van der Waals surface area contributed by atoms with E-state index < -0.39 is 5.91 Å². The van der Waals surface area contributed by atoms with Crippen LogP contribution in [0, 0.1) is 0 Å². The molecule has 3 aromatic carbocycles. The highest BCUT2D eigenvalue weighted by Crippen LogP contribution is 2.24. The van der Waals surface area contributed by atoms with Crippen molar-refractivity contribution in [2.24, 2.45) is 0 Å². The quantitative estimate of drug-likeness (QED) is 0.311. The van der Waals surface area contributed by atoms with Gasteiger partial charge in [0, 0.05) is 21.2 Å². The first kappa shape index (κ1) is 19.8. The molecule has 1 aromatic heterocycles. The summed E-state index contributed by atoms with van der Waals surface area (Å²) in [5.41, 5.74) is 4.52. The molecule has 0 fully saturated rings. The number of amides is 1. The average molecular weight is 466 g/mol. The number of benzene rings is 3. The normalized spacial score (nSPS) is 10.6. The molecule has 0 aliphatic rings. The number of hydrogen-bond donors (Lipinski definition) is 2.